The Labute approximate surface area is 95.4 Å². The Balaban J connectivity index is 2.10. The molecule has 1 saturated heterocycles. The molecule has 0 aromatic carbocycles. The van der Waals surface area contributed by atoms with E-state index in [9.17, 15) is 0 Å². The zero-order valence-electron chi connectivity index (χ0n) is 10.9. The van der Waals surface area contributed by atoms with Crippen molar-refractivity contribution in [2.75, 3.05) is 13.1 Å². The van der Waals surface area contributed by atoms with Gasteiger partial charge >= 0.3 is 0 Å². The van der Waals surface area contributed by atoms with Gasteiger partial charge in [0.1, 0.15) is 0 Å². The van der Waals surface area contributed by atoms with Crippen LogP contribution in [0.2, 0.25) is 0 Å². The van der Waals surface area contributed by atoms with E-state index >= 15 is 0 Å². The van der Waals surface area contributed by atoms with Crippen LogP contribution >= 0.6 is 0 Å². The SMILES string of the molecule is CC(C)NCCCC(C)N1CCCC1C. The summed E-state index contributed by atoms with van der Waals surface area (Å²) in [6, 6.07) is 2.22. The smallest absolute Gasteiger partial charge is 0.00702 e. The third-order valence-electron chi connectivity index (χ3n) is 3.52. The van der Waals surface area contributed by atoms with E-state index in [1.54, 1.807) is 0 Å². The van der Waals surface area contributed by atoms with Gasteiger partial charge in [-0.1, -0.05) is 13.8 Å². The second kappa shape index (κ2) is 6.49. The average molecular weight is 212 g/mol. The van der Waals surface area contributed by atoms with Gasteiger partial charge < -0.3 is 5.32 Å². The van der Waals surface area contributed by atoms with Crippen molar-refractivity contribution < 1.29 is 0 Å². The van der Waals surface area contributed by atoms with Crippen molar-refractivity contribution in [2.24, 2.45) is 0 Å². The summed E-state index contributed by atoms with van der Waals surface area (Å²) in [6.45, 7) is 11.7. The molecule has 1 aliphatic heterocycles. The first-order valence-electron chi connectivity index (χ1n) is 6.60. The summed E-state index contributed by atoms with van der Waals surface area (Å²) >= 11 is 0. The summed E-state index contributed by atoms with van der Waals surface area (Å²) in [5.41, 5.74) is 0. The molecule has 0 aromatic heterocycles. The van der Waals surface area contributed by atoms with Gasteiger partial charge in [-0.05, 0) is 52.6 Å². The highest BCUT2D eigenvalue weighted by Crippen LogP contribution is 2.21. The van der Waals surface area contributed by atoms with Gasteiger partial charge in [0.2, 0.25) is 0 Å². The quantitative estimate of drug-likeness (QED) is 0.681. The molecular weight excluding hydrogens is 184 g/mol. The fourth-order valence-electron chi connectivity index (χ4n) is 2.56. The second-order valence-corrected chi connectivity index (χ2v) is 5.33. The molecule has 0 amide bonds. The Bertz CT molecular complexity index is 168. The molecule has 2 heteroatoms. The lowest BCUT2D eigenvalue weighted by molar-refractivity contribution is 0.191. The average Bonchev–Trinajstić information content (AvgIpc) is 2.58. The molecule has 15 heavy (non-hydrogen) atoms. The zero-order chi connectivity index (χ0) is 11.3. The van der Waals surface area contributed by atoms with Crippen LogP contribution in [0.15, 0.2) is 0 Å². The van der Waals surface area contributed by atoms with Gasteiger partial charge in [-0.3, -0.25) is 4.90 Å². The summed E-state index contributed by atoms with van der Waals surface area (Å²) in [5, 5.41) is 3.48. The van der Waals surface area contributed by atoms with E-state index in [2.05, 4.69) is 37.9 Å². The first-order valence-corrected chi connectivity index (χ1v) is 6.60. The molecule has 0 aliphatic carbocycles. The highest BCUT2D eigenvalue weighted by atomic mass is 15.2. The summed E-state index contributed by atoms with van der Waals surface area (Å²) < 4.78 is 0. The van der Waals surface area contributed by atoms with Crippen LogP contribution in [-0.2, 0) is 0 Å². The van der Waals surface area contributed by atoms with E-state index in [1.807, 2.05) is 0 Å². The lowest BCUT2D eigenvalue weighted by atomic mass is 10.1. The van der Waals surface area contributed by atoms with Gasteiger partial charge in [0.05, 0.1) is 0 Å². The minimum atomic E-state index is 0.631. The second-order valence-electron chi connectivity index (χ2n) is 5.33. The maximum Gasteiger partial charge on any atom is 0.00702 e. The van der Waals surface area contributed by atoms with Crippen LogP contribution in [0.4, 0.5) is 0 Å². The molecule has 0 bridgehead atoms. The molecule has 0 saturated carbocycles. The highest BCUT2D eigenvalue weighted by Gasteiger charge is 2.24. The highest BCUT2D eigenvalue weighted by molar-refractivity contribution is 4.79. The summed E-state index contributed by atoms with van der Waals surface area (Å²) in [7, 11) is 0. The number of rotatable bonds is 6. The molecule has 2 unspecified atom stereocenters. The molecule has 0 spiro atoms. The topological polar surface area (TPSA) is 15.3 Å². The lowest BCUT2D eigenvalue weighted by Crippen LogP contribution is -2.36. The van der Waals surface area contributed by atoms with E-state index in [-0.39, 0.29) is 0 Å². The van der Waals surface area contributed by atoms with Crippen molar-refractivity contribution in [1.29, 1.82) is 0 Å². The maximum absolute atomic E-state index is 3.48. The van der Waals surface area contributed by atoms with Gasteiger partial charge in [0, 0.05) is 18.1 Å². The number of nitrogens with one attached hydrogen (secondary N) is 1. The Morgan fingerprint density at radius 2 is 2.07 bits per heavy atom. The molecule has 90 valence electrons. The fraction of sp³-hybridized carbons (Fsp3) is 1.00. The molecule has 2 nitrogen and oxygen atoms in total. The molecular formula is C13H28N2. The van der Waals surface area contributed by atoms with Gasteiger partial charge in [-0.2, -0.15) is 0 Å². The molecule has 1 heterocycles. The molecule has 1 N–H and O–H groups in total. The number of hydrogen-bond donors (Lipinski definition) is 1. The Kier molecular flexibility index (Phi) is 5.62. The van der Waals surface area contributed by atoms with Crippen LogP contribution in [0.5, 0.6) is 0 Å². The van der Waals surface area contributed by atoms with Gasteiger partial charge in [-0.15, -0.1) is 0 Å². The first-order chi connectivity index (χ1) is 7.11. The number of nitrogens with zero attached hydrogens (tertiary/aromatic N) is 1. The van der Waals surface area contributed by atoms with Crippen LogP contribution in [-0.4, -0.2) is 36.1 Å². The van der Waals surface area contributed by atoms with Crippen molar-refractivity contribution in [3.05, 3.63) is 0 Å². The van der Waals surface area contributed by atoms with Gasteiger partial charge in [0.15, 0.2) is 0 Å². The molecule has 2 atom stereocenters. The molecule has 1 rings (SSSR count). The Morgan fingerprint density at radius 3 is 2.60 bits per heavy atom. The normalized spacial score (nSPS) is 25.0. The van der Waals surface area contributed by atoms with Gasteiger partial charge in [-0.25, -0.2) is 0 Å². The summed E-state index contributed by atoms with van der Waals surface area (Å²) in [5.74, 6) is 0. The third kappa shape index (κ3) is 4.52. The number of hydrogen-bond acceptors (Lipinski definition) is 2. The van der Waals surface area contributed by atoms with E-state index in [0.29, 0.717) is 6.04 Å². The van der Waals surface area contributed by atoms with E-state index in [1.165, 1.54) is 38.8 Å². The van der Waals surface area contributed by atoms with Crippen molar-refractivity contribution in [3.63, 3.8) is 0 Å². The number of likely N-dealkylation sites (tertiary alicyclic amines) is 1. The van der Waals surface area contributed by atoms with Crippen LogP contribution in [0.25, 0.3) is 0 Å². The molecule has 1 aliphatic rings. The largest absolute Gasteiger partial charge is 0.315 e. The summed E-state index contributed by atoms with van der Waals surface area (Å²) in [6.07, 6.45) is 5.44. The van der Waals surface area contributed by atoms with E-state index < -0.39 is 0 Å². The third-order valence-corrected chi connectivity index (χ3v) is 3.52. The van der Waals surface area contributed by atoms with E-state index in [0.717, 1.165) is 12.1 Å². The lowest BCUT2D eigenvalue weighted by Gasteiger charge is -2.28. The van der Waals surface area contributed by atoms with E-state index in [4.69, 9.17) is 0 Å². The monoisotopic (exact) mass is 212 g/mol. The van der Waals surface area contributed by atoms with Crippen molar-refractivity contribution >= 4 is 0 Å². The van der Waals surface area contributed by atoms with Crippen LogP contribution in [0.1, 0.15) is 53.4 Å². The fourth-order valence-corrected chi connectivity index (χ4v) is 2.56. The zero-order valence-corrected chi connectivity index (χ0v) is 10.9. The first kappa shape index (κ1) is 13.0. The Hall–Kier alpha value is -0.0800. The van der Waals surface area contributed by atoms with Crippen LogP contribution in [0, 0.1) is 0 Å². The molecule has 0 aromatic rings. The maximum atomic E-state index is 3.48. The minimum absolute atomic E-state index is 0.631. The van der Waals surface area contributed by atoms with Crippen molar-refractivity contribution in [1.82, 2.24) is 10.2 Å². The molecule has 0 radical (unpaired) electrons. The van der Waals surface area contributed by atoms with Crippen molar-refractivity contribution in [3.8, 4) is 0 Å². The Morgan fingerprint density at radius 1 is 1.33 bits per heavy atom. The standard InChI is InChI=1S/C13H28N2/c1-11(2)14-9-5-7-12(3)15-10-6-8-13(15)4/h11-14H,5-10H2,1-4H3. The van der Waals surface area contributed by atoms with Gasteiger partial charge in [0.25, 0.3) is 0 Å². The summed E-state index contributed by atoms with van der Waals surface area (Å²) in [4.78, 5) is 2.68. The van der Waals surface area contributed by atoms with Crippen LogP contribution < -0.4 is 5.32 Å². The van der Waals surface area contributed by atoms with Crippen molar-refractivity contribution in [2.45, 2.75) is 71.5 Å². The van der Waals surface area contributed by atoms with Crippen LogP contribution in [0.3, 0.4) is 0 Å². The predicted octanol–water partition coefficient (Wildman–Crippen LogP) is 2.64. The molecule has 1 fully saturated rings. The predicted molar refractivity (Wildman–Crippen MR) is 67.2 cm³/mol. The minimum Gasteiger partial charge on any atom is -0.315 e.